The smallest absolute Gasteiger partial charge is 0.366 e. The highest BCUT2D eigenvalue weighted by Gasteiger charge is 2.78. The van der Waals surface area contributed by atoms with Gasteiger partial charge in [0.1, 0.15) is 45.0 Å². The average Bonchev–Trinajstić information content (AvgIpc) is 3.36. The molecule has 0 amide bonds. The van der Waals surface area contributed by atoms with Crippen LogP contribution in [0.5, 0.6) is 11.5 Å². The second kappa shape index (κ2) is 8.20. The molecule has 0 unspecified atom stereocenters. The fourth-order valence-corrected chi connectivity index (χ4v) is 7.29. The van der Waals surface area contributed by atoms with Crippen LogP contribution in [0.2, 0.25) is 0 Å². The van der Waals surface area contributed by atoms with E-state index in [1.165, 1.54) is 18.2 Å². The molecule has 42 heavy (non-hydrogen) atoms. The summed E-state index contributed by atoms with van der Waals surface area (Å²) in [5.41, 5.74) is -3.22. The van der Waals surface area contributed by atoms with Crippen molar-refractivity contribution >= 4 is 33.9 Å². The first-order chi connectivity index (χ1) is 19.9. The van der Waals surface area contributed by atoms with Gasteiger partial charge >= 0.3 is 11.9 Å². The molecule has 2 aromatic heterocycles. The molecule has 1 aliphatic heterocycles. The zero-order valence-electron chi connectivity index (χ0n) is 22.8. The van der Waals surface area contributed by atoms with Crippen LogP contribution < -0.4 is 10.9 Å². The highest BCUT2D eigenvalue weighted by molar-refractivity contribution is 5.92. The van der Waals surface area contributed by atoms with E-state index in [0.717, 1.165) is 14.2 Å². The molecule has 4 aromatic rings. The monoisotopic (exact) mass is 576 g/mol. The Labute approximate surface area is 235 Å². The zero-order valence-corrected chi connectivity index (χ0v) is 22.8. The summed E-state index contributed by atoms with van der Waals surface area (Å²) in [7, 11) is 2.06. The van der Waals surface area contributed by atoms with E-state index in [4.69, 9.17) is 23.0 Å². The topological polar surface area (TPSA) is 183 Å². The third-order valence-corrected chi connectivity index (χ3v) is 8.79. The number of methoxy groups -OCH3 is 2. The number of aliphatic hydroxyl groups is 1. The maximum absolute atomic E-state index is 14.2. The number of aromatic hydroxyl groups is 2. The standard InChI is InChI=1S/C30H24O12/c1-10-5-13(31)18-15(7-10)40-17-9-12-22-21(20(17)24(18)33)26-23(25(34)19-14(32)6-11(2)8-16(19)41-26)29(22,27(35)38-3)42-30(12,37)28(36)39-4/h5-8,12,21-22,31-32,37H,9H2,1-4H3/t12-,21+,22-,29-,30-/m0/s1. The predicted molar refractivity (Wildman–Crippen MR) is 142 cm³/mol. The molecule has 12 nitrogen and oxygen atoms in total. The van der Waals surface area contributed by atoms with Crippen molar-refractivity contribution in [2.75, 3.05) is 14.2 Å². The van der Waals surface area contributed by atoms with Crippen molar-refractivity contribution < 1.29 is 48.0 Å². The largest absolute Gasteiger partial charge is 0.507 e. The molecule has 1 fully saturated rings. The highest BCUT2D eigenvalue weighted by atomic mass is 16.7. The maximum Gasteiger partial charge on any atom is 0.366 e. The van der Waals surface area contributed by atoms with Gasteiger partial charge in [-0.05, 0) is 49.2 Å². The fraction of sp³-hybridized carbons (Fsp3) is 0.333. The molecule has 3 heterocycles. The molecule has 0 spiro atoms. The van der Waals surface area contributed by atoms with Gasteiger partial charge in [-0.3, -0.25) is 9.59 Å². The Morgan fingerprint density at radius 2 is 1.45 bits per heavy atom. The predicted octanol–water partition coefficient (Wildman–Crippen LogP) is 2.12. The van der Waals surface area contributed by atoms with Gasteiger partial charge in [-0.15, -0.1) is 0 Å². The number of fused-ring (bicyclic) bond motifs is 7. The van der Waals surface area contributed by atoms with Crippen molar-refractivity contribution in [1.29, 1.82) is 0 Å². The van der Waals surface area contributed by atoms with Gasteiger partial charge < -0.3 is 38.4 Å². The molecule has 2 aromatic carbocycles. The third-order valence-electron chi connectivity index (χ3n) is 8.79. The SMILES string of the molecule is COC(=O)[C@@]12O[C@](O)(C(=O)OC)[C@H]3Cc4oc5cc(C)cc(O)c5c(=O)c4[C@@H](c4oc5cc(C)cc(O)c5c(=O)c41)[C@H]32. The van der Waals surface area contributed by atoms with Gasteiger partial charge in [0.05, 0.1) is 25.7 Å². The summed E-state index contributed by atoms with van der Waals surface area (Å²) in [6, 6.07) is 5.80. The molecular weight excluding hydrogens is 552 g/mol. The Balaban J connectivity index is 1.68. The minimum absolute atomic E-state index is 0.0215. The van der Waals surface area contributed by atoms with E-state index in [-0.39, 0.29) is 51.2 Å². The van der Waals surface area contributed by atoms with Gasteiger partial charge in [-0.1, -0.05) is 0 Å². The van der Waals surface area contributed by atoms with Crippen molar-refractivity contribution in [2.45, 2.75) is 37.6 Å². The second-order valence-electron chi connectivity index (χ2n) is 11.1. The average molecular weight is 577 g/mol. The Morgan fingerprint density at radius 3 is 2.05 bits per heavy atom. The van der Waals surface area contributed by atoms with Crippen LogP contribution in [0.4, 0.5) is 0 Å². The molecule has 3 N–H and O–H groups in total. The van der Waals surface area contributed by atoms with Crippen molar-refractivity contribution in [2.24, 2.45) is 11.8 Å². The van der Waals surface area contributed by atoms with Gasteiger partial charge in [-0.2, -0.15) is 0 Å². The van der Waals surface area contributed by atoms with Crippen molar-refractivity contribution in [3.8, 4) is 11.5 Å². The van der Waals surface area contributed by atoms with E-state index in [1.54, 1.807) is 19.9 Å². The number of hydrogen-bond acceptors (Lipinski definition) is 12. The molecule has 0 radical (unpaired) electrons. The highest BCUT2D eigenvalue weighted by Crippen LogP contribution is 2.67. The number of rotatable bonds is 2. The van der Waals surface area contributed by atoms with Crippen LogP contribution in [-0.4, -0.2) is 47.3 Å². The second-order valence-corrected chi connectivity index (χ2v) is 11.1. The lowest BCUT2D eigenvalue weighted by atomic mass is 9.66. The molecule has 12 heteroatoms. The summed E-state index contributed by atoms with van der Waals surface area (Å²) in [6.45, 7) is 3.37. The number of esters is 2. The van der Waals surface area contributed by atoms with Gasteiger partial charge in [0.15, 0.2) is 0 Å². The number of phenols is 2. The first-order valence-corrected chi connectivity index (χ1v) is 13.1. The Hall–Kier alpha value is -4.68. The van der Waals surface area contributed by atoms with Gasteiger partial charge in [0, 0.05) is 23.8 Å². The first-order valence-electron chi connectivity index (χ1n) is 13.1. The Bertz CT molecular complexity index is 2040. The lowest BCUT2D eigenvalue weighted by molar-refractivity contribution is -0.251. The van der Waals surface area contributed by atoms with Crippen LogP contribution in [-0.2, 0) is 35.8 Å². The number of carbonyl (C=O) groups is 2. The molecular formula is C30H24O12. The summed E-state index contributed by atoms with van der Waals surface area (Å²) in [4.78, 5) is 55.2. The minimum Gasteiger partial charge on any atom is -0.507 e. The van der Waals surface area contributed by atoms with E-state index < -0.39 is 63.3 Å². The lowest BCUT2D eigenvalue weighted by Crippen LogP contribution is -2.49. The number of phenolic OH excluding ortho intramolecular Hbond substituents is 2. The molecule has 0 bridgehead atoms. The van der Waals surface area contributed by atoms with Crippen molar-refractivity contribution in [1.82, 2.24) is 0 Å². The first kappa shape index (κ1) is 26.2. The number of benzene rings is 2. The molecule has 1 saturated heterocycles. The van der Waals surface area contributed by atoms with E-state index in [0.29, 0.717) is 11.1 Å². The number of carbonyl (C=O) groups excluding carboxylic acids is 2. The molecule has 216 valence electrons. The Morgan fingerprint density at radius 1 is 0.881 bits per heavy atom. The molecule has 7 rings (SSSR count). The van der Waals surface area contributed by atoms with Crippen LogP contribution in [0.3, 0.4) is 0 Å². The van der Waals surface area contributed by atoms with E-state index >= 15 is 0 Å². The minimum atomic E-state index is -2.78. The molecule has 5 atom stereocenters. The maximum atomic E-state index is 14.2. The number of hydrogen-bond donors (Lipinski definition) is 3. The lowest BCUT2D eigenvalue weighted by Gasteiger charge is -2.35. The van der Waals surface area contributed by atoms with Crippen LogP contribution in [0.25, 0.3) is 21.9 Å². The molecule has 3 aliphatic rings. The van der Waals surface area contributed by atoms with Crippen LogP contribution >= 0.6 is 0 Å². The van der Waals surface area contributed by atoms with Crippen LogP contribution in [0.1, 0.15) is 39.7 Å². The van der Waals surface area contributed by atoms with Crippen LogP contribution in [0.15, 0.2) is 42.7 Å². The Kier molecular flexibility index (Phi) is 5.12. The van der Waals surface area contributed by atoms with E-state index in [2.05, 4.69) is 0 Å². The van der Waals surface area contributed by atoms with Gasteiger partial charge in [0.2, 0.25) is 16.5 Å². The third kappa shape index (κ3) is 2.92. The summed E-state index contributed by atoms with van der Waals surface area (Å²) >= 11 is 0. The fourth-order valence-electron chi connectivity index (χ4n) is 7.29. The summed E-state index contributed by atoms with van der Waals surface area (Å²) in [5.74, 6) is -9.88. The van der Waals surface area contributed by atoms with Crippen molar-refractivity contribution in [3.63, 3.8) is 0 Å². The molecule has 2 aliphatic carbocycles. The van der Waals surface area contributed by atoms with Gasteiger partial charge in [-0.25, -0.2) is 9.59 Å². The van der Waals surface area contributed by atoms with Crippen molar-refractivity contribution in [3.05, 3.63) is 78.5 Å². The van der Waals surface area contributed by atoms with Crippen LogP contribution in [0, 0.1) is 25.7 Å². The summed E-state index contributed by atoms with van der Waals surface area (Å²) in [5, 5.41) is 32.8. The normalized spacial score (nSPS) is 27.0. The zero-order chi connectivity index (χ0) is 30.0. The van der Waals surface area contributed by atoms with E-state index in [1.807, 2.05) is 0 Å². The van der Waals surface area contributed by atoms with Gasteiger partial charge in [0.25, 0.3) is 5.79 Å². The summed E-state index contributed by atoms with van der Waals surface area (Å²) < 4.78 is 28.3. The number of aryl methyl sites for hydroxylation is 2. The van der Waals surface area contributed by atoms with E-state index in [9.17, 15) is 34.5 Å². The quantitative estimate of drug-likeness (QED) is 0.296. The number of ether oxygens (including phenoxy) is 3. The summed E-state index contributed by atoms with van der Waals surface area (Å²) in [6.07, 6.45) is -0.285. The molecule has 0 saturated carbocycles.